The molecule has 0 aliphatic carbocycles. The molecule has 0 heterocycles. The Balaban J connectivity index is 1.69. The Bertz CT molecular complexity index is 1050. The van der Waals surface area contributed by atoms with Crippen LogP contribution in [0.2, 0.25) is 0 Å². The molecule has 3 aromatic rings. The zero-order chi connectivity index (χ0) is 20.1. The van der Waals surface area contributed by atoms with Gasteiger partial charge in [0.15, 0.2) is 5.78 Å². The van der Waals surface area contributed by atoms with Gasteiger partial charge < -0.3 is 14.9 Å². The van der Waals surface area contributed by atoms with Crippen LogP contribution < -0.4 is 4.74 Å². The molecule has 0 saturated carbocycles. The summed E-state index contributed by atoms with van der Waals surface area (Å²) >= 11 is 0. The summed E-state index contributed by atoms with van der Waals surface area (Å²) in [7, 11) is 0. The summed E-state index contributed by atoms with van der Waals surface area (Å²) < 4.78 is 18.7. The lowest BCUT2D eigenvalue weighted by Crippen LogP contribution is -2.00. The lowest BCUT2D eigenvalue weighted by Gasteiger charge is -2.06. The summed E-state index contributed by atoms with van der Waals surface area (Å²) in [5, 5.41) is 18.7. The number of carbonyl (C=O) groups excluding carboxylic acids is 1. The minimum atomic E-state index is -1.19. The molecule has 6 heteroatoms. The van der Waals surface area contributed by atoms with Gasteiger partial charge in [-0.3, -0.25) is 4.79 Å². The molecule has 3 rings (SSSR count). The Labute approximate surface area is 160 Å². The van der Waals surface area contributed by atoms with Crippen molar-refractivity contribution in [3.63, 3.8) is 0 Å². The summed E-state index contributed by atoms with van der Waals surface area (Å²) in [4.78, 5) is 23.1. The lowest BCUT2D eigenvalue weighted by molar-refractivity contribution is 0.0696. The topological polar surface area (TPSA) is 83.8 Å². The fourth-order valence-corrected chi connectivity index (χ4v) is 2.45. The maximum atomic E-state index is 13.2. The van der Waals surface area contributed by atoms with E-state index in [9.17, 15) is 19.1 Å². The van der Waals surface area contributed by atoms with Crippen LogP contribution in [0, 0.1) is 5.82 Å². The zero-order valence-corrected chi connectivity index (χ0v) is 14.5. The van der Waals surface area contributed by atoms with Crippen LogP contribution in [0.3, 0.4) is 0 Å². The summed E-state index contributed by atoms with van der Waals surface area (Å²) in [6.07, 6.45) is 2.83. The van der Waals surface area contributed by atoms with E-state index < -0.39 is 23.3 Å². The number of ketones is 1. The first-order chi connectivity index (χ1) is 13.4. The molecule has 0 radical (unpaired) electrons. The van der Waals surface area contributed by atoms with Crippen molar-refractivity contribution < 1.29 is 28.9 Å². The predicted molar refractivity (Wildman–Crippen MR) is 101 cm³/mol. The van der Waals surface area contributed by atoms with Crippen LogP contribution in [0.5, 0.6) is 17.2 Å². The Morgan fingerprint density at radius 1 is 0.929 bits per heavy atom. The molecule has 28 heavy (non-hydrogen) atoms. The van der Waals surface area contributed by atoms with Crippen molar-refractivity contribution in [3.8, 4) is 17.2 Å². The van der Waals surface area contributed by atoms with Gasteiger partial charge in [0, 0.05) is 6.07 Å². The first-order valence-corrected chi connectivity index (χ1v) is 8.24. The number of ether oxygens (including phenoxy) is 1. The third-order valence-electron chi connectivity index (χ3n) is 3.85. The third-order valence-corrected chi connectivity index (χ3v) is 3.85. The van der Waals surface area contributed by atoms with Gasteiger partial charge in [-0.15, -0.1) is 0 Å². The highest BCUT2D eigenvalue weighted by Gasteiger charge is 2.11. The molecule has 0 unspecified atom stereocenters. The van der Waals surface area contributed by atoms with Gasteiger partial charge >= 0.3 is 5.97 Å². The number of carbonyl (C=O) groups is 2. The number of carboxylic acids is 1. The molecule has 0 saturated heterocycles. The average molecular weight is 378 g/mol. The first-order valence-electron chi connectivity index (χ1n) is 8.24. The second-order valence-electron chi connectivity index (χ2n) is 5.86. The van der Waals surface area contributed by atoms with Crippen LogP contribution in [0.1, 0.15) is 26.3 Å². The highest BCUT2D eigenvalue weighted by molar-refractivity contribution is 6.09. The van der Waals surface area contributed by atoms with E-state index in [4.69, 9.17) is 9.84 Å². The fourth-order valence-electron chi connectivity index (χ4n) is 2.45. The SMILES string of the molecule is O=C(O)c1ccc(C(=O)/C=C/c2ccc(Oc3cccc(F)c3)cc2)c(O)c1. The smallest absolute Gasteiger partial charge is 0.335 e. The first kappa shape index (κ1) is 18.8. The van der Waals surface area contributed by atoms with E-state index in [0.717, 1.165) is 6.07 Å². The van der Waals surface area contributed by atoms with E-state index >= 15 is 0 Å². The van der Waals surface area contributed by atoms with Crippen molar-refractivity contribution in [1.29, 1.82) is 0 Å². The minimum absolute atomic E-state index is 0.00677. The van der Waals surface area contributed by atoms with Gasteiger partial charge in [-0.2, -0.15) is 0 Å². The standard InChI is InChI=1S/C22H15FO5/c23-16-2-1-3-18(13-16)28-17-8-4-14(5-9-17)6-11-20(24)19-10-7-15(22(26)27)12-21(19)25/h1-13,25H,(H,26,27)/b11-6+. The van der Waals surface area contributed by atoms with E-state index in [0.29, 0.717) is 17.1 Å². The number of benzene rings is 3. The molecule has 5 nitrogen and oxygen atoms in total. The average Bonchev–Trinajstić information content (AvgIpc) is 2.67. The maximum absolute atomic E-state index is 13.2. The molecular formula is C22H15FO5. The summed E-state index contributed by atoms with van der Waals surface area (Å²) in [5.41, 5.74) is 0.612. The molecule has 0 aromatic heterocycles. The molecule has 0 atom stereocenters. The number of allylic oxidation sites excluding steroid dienone is 1. The van der Waals surface area contributed by atoms with Crippen LogP contribution in [0.25, 0.3) is 6.08 Å². The van der Waals surface area contributed by atoms with Crippen LogP contribution >= 0.6 is 0 Å². The monoisotopic (exact) mass is 378 g/mol. The van der Waals surface area contributed by atoms with E-state index in [-0.39, 0.29) is 11.1 Å². The van der Waals surface area contributed by atoms with E-state index in [2.05, 4.69) is 0 Å². The van der Waals surface area contributed by atoms with Crippen LogP contribution in [-0.2, 0) is 0 Å². The number of phenolic OH excluding ortho intramolecular Hbond substituents is 1. The fraction of sp³-hybridized carbons (Fsp3) is 0. The number of carboxylic acid groups (broad SMARTS) is 1. The van der Waals surface area contributed by atoms with Gasteiger partial charge in [0.1, 0.15) is 23.1 Å². The van der Waals surface area contributed by atoms with Crippen LogP contribution in [0.15, 0.2) is 72.8 Å². The minimum Gasteiger partial charge on any atom is -0.507 e. The molecule has 0 amide bonds. The summed E-state index contributed by atoms with van der Waals surface area (Å²) in [6.45, 7) is 0. The molecule has 0 aliphatic rings. The molecule has 0 bridgehead atoms. The van der Waals surface area contributed by atoms with Gasteiger partial charge in [0.05, 0.1) is 11.1 Å². The maximum Gasteiger partial charge on any atom is 0.335 e. The largest absolute Gasteiger partial charge is 0.507 e. The summed E-state index contributed by atoms with van der Waals surface area (Å²) in [5.74, 6) is -1.56. The number of halogens is 1. The number of hydrogen-bond donors (Lipinski definition) is 2. The van der Waals surface area contributed by atoms with Gasteiger partial charge in [-0.05, 0) is 54.1 Å². The Morgan fingerprint density at radius 2 is 1.68 bits per heavy atom. The van der Waals surface area contributed by atoms with Gasteiger partial charge in [-0.25, -0.2) is 9.18 Å². The second kappa shape index (κ2) is 8.18. The predicted octanol–water partition coefficient (Wildman–Crippen LogP) is 4.92. The van der Waals surface area contributed by atoms with Crippen molar-refractivity contribution in [2.45, 2.75) is 0 Å². The molecular weight excluding hydrogens is 363 g/mol. The number of aromatic hydroxyl groups is 1. The van der Waals surface area contributed by atoms with Crippen LogP contribution in [-0.4, -0.2) is 22.0 Å². The number of hydrogen-bond acceptors (Lipinski definition) is 4. The van der Waals surface area contributed by atoms with Gasteiger partial charge in [0.25, 0.3) is 0 Å². The van der Waals surface area contributed by atoms with E-state index in [1.165, 1.54) is 30.3 Å². The lowest BCUT2D eigenvalue weighted by atomic mass is 10.1. The molecule has 0 spiro atoms. The van der Waals surface area contributed by atoms with Crippen molar-refractivity contribution in [1.82, 2.24) is 0 Å². The Morgan fingerprint density at radius 3 is 2.32 bits per heavy atom. The normalized spacial score (nSPS) is 10.8. The van der Waals surface area contributed by atoms with Crippen molar-refractivity contribution >= 4 is 17.8 Å². The highest BCUT2D eigenvalue weighted by atomic mass is 19.1. The Hall–Kier alpha value is -3.93. The Kier molecular flexibility index (Phi) is 5.50. The van der Waals surface area contributed by atoms with E-state index in [1.54, 1.807) is 42.5 Å². The van der Waals surface area contributed by atoms with Gasteiger partial charge in [0.2, 0.25) is 0 Å². The molecule has 140 valence electrons. The van der Waals surface area contributed by atoms with E-state index in [1.807, 2.05) is 0 Å². The van der Waals surface area contributed by atoms with Crippen LogP contribution in [0.4, 0.5) is 4.39 Å². The molecule has 0 aliphatic heterocycles. The number of rotatable bonds is 6. The molecule has 0 fully saturated rings. The van der Waals surface area contributed by atoms with Crippen molar-refractivity contribution in [3.05, 3.63) is 95.3 Å². The summed E-state index contributed by atoms with van der Waals surface area (Å²) in [6, 6.07) is 16.1. The quantitative estimate of drug-likeness (QED) is 0.470. The van der Waals surface area contributed by atoms with Crippen molar-refractivity contribution in [2.24, 2.45) is 0 Å². The third kappa shape index (κ3) is 4.62. The number of aromatic carboxylic acids is 1. The van der Waals surface area contributed by atoms with Gasteiger partial charge in [-0.1, -0.05) is 24.3 Å². The highest BCUT2D eigenvalue weighted by Crippen LogP contribution is 2.23. The number of phenols is 1. The zero-order valence-electron chi connectivity index (χ0n) is 14.5. The molecule has 3 aromatic carbocycles. The second-order valence-corrected chi connectivity index (χ2v) is 5.86. The molecule has 2 N–H and O–H groups in total. The van der Waals surface area contributed by atoms with Crippen molar-refractivity contribution in [2.75, 3.05) is 0 Å².